The van der Waals surface area contributed by atoms with Gasteiger partial charge in [-0.25, -0.2) is 0 Å². The van der Waals surface area contributed by atoms with Crippen molar-refractivity contribution >= 4 is 11.9 Å². The van der Waals surface area contributed by atoms with E-state index in [1.807, 2.05) is 6.92 Å². The molecule has 0 saturated heterocycles. The summed E-state index contributed by atoms with van der Waals surface area (Å²) in [7, 11) is 0. The topological polar surface area (TPSA) is 153 Å². The monoisotopic (exact) mass is 294 g/mol. The molecule has 0 rings (SSSR count). The fraction of sp³-hybridized carbons (Fsp3) is 0.833. The van der Waals surface area contributed by atoms with E-state index in [1.54, 1.807) is 5.48 Å². The van der Waals surface area contributed by atoms with Crippen LogP contribution in [0.3, 0.4) is 0 Å². The number of rotatable bonds is 10. The van der Waals surface area contributed by atoms with Crippen LogP contribution in [0.4, 0.5) is 0 Å². The maximum absolute atomic E-state index is 10.2. The normalized spacial score (nSPS) is 13.0. The summed E-state index contributed by atoms with van der Waals surface area (Å²) in [5.41, 5.74) is 6.91. The van der Waals surface area contributed by atoms with Gasteiger partial charge in [-0.3, -0.25) is 9.59 Å². The molecule has 0 bridgehead atoms. The van der Waals surface area contributed by atoms with Crippen LogP contribution in [0, 0.1) is 0 Å². The highest BCUT2D eigenvalue weighted by atomic mass is 16.5. The van der Waals surface area contributed by atoms with Crippen LogP contribution < -0.4 is 11.2 Å². The third-order valence-corrected chi connectivity index (χ3v) is 2.54. The van der Waals surface area contributed by atoms with Gasteiger partial charge in [-0.05, 0) is 25.7 Å². The first-order valence-electron chi connectivity index (χ1n) is 6.62. The van der Waals surface area contributed by atoms with E-state index < -0.39 is 24.0 Å². The molecule has 120 valence electrons. The minimum absolute atomic E-state index is 0.104. The third kappa shape index (κ3) is 13.2. The Morgan fingerprint density at radius 2 is 1.70 bits per heavy atom. The zero-order valence-corrected chi connectivity index (χ0v) is 11.8. The predicted molar refractivity (Wildman–Crippen MR) is 72.4 cm³/mol. The largest absolute Gasteiger partial charge is 0.480 e. The molecule has 0 amide bonds. The standard InChI is InChI=1S/2C6H13NO3/c1-2-3-4-5(7-10)6(8)9;7-5(6(9)10)3-1-2-4-8/h5,7,10H,2-4H2,1H3,(H,8,9);5,8H,1-4,7H2,(H,9,10)/t2*5-/m00/s1. The number of aliphatic hydroxyl groups excluding tert-OH is 1. The Morgan fingerprint density at radius 3 is 2.05 bits per heavy atom. The number of nitrogens with two attached hydrogens (primary N) is 1. The molecule has 0 fully saturated rings. The van der Waals surface area contributed by atoms with Crippen LogP contribution in [0.1, 0.15) is 45.4 Å². The van der Waals surface area contributed by atoms with Crippen LogP contribution >= 0.6 is 0 Å². The average Bonchev–Trinajstić information content (AvgIpc) is 2.40. The third-order valence-electron chi connectivity index (χ3n) is 2.54. The van der Waals surface area contributed by atoms with Crippen molar-refractivity contribution in [2.45, 2.75) is 57.5 Å². The van der Waals surface area contributed by atoms with Gasteiger partial charge in [0.15, 0.2) is 0 Å². The zero-order chi connectivity index (χ0) is 16.0. The quantitative estimate of drug-likeness (QED) is 0.246. The molecule has 0 aromatic rings. The molecule has 20 heavy (non-hydrogen) atoms. The second-order valence-electron chi connectivity index (χ2n) is 4.33. The maximum Gasteiger partial charge on any atom is 0.323 e. The first-order valence-corrected chi connectivity index (χ1v) is 6.62. The van der Waals surface area contributed by atoms with Crippen LogP contribution in [0.2, 0.25) is 0 Å². The SMILES string of the molecule is CCCC[C@H](NO)C(=O)O.N[C@@H](CCCCO)C(=O)O. The van der Waals surface area contributed by atoms with E-state index in [4.69, 9.17) is 26.3 Å². The van der Waals surface area contributed by atoms with Gasteiger partial charge in [-0.2, -0.15) is 5.48 Å². The Bertz CT molecular complexity index is 262. The molecular weight excluding hydrogens is 268 g/mol. The number of carbonyl (C=O) groups is 2. The molecule has 0 radical (unpaired) electrons. The molecule has 7 N–H and O–H groups in total. The molecule has 0 aromatic carbocycles. The van der Waals surface area contributed by atoms with Crippen LogP contribution in [-0.4, -0.2) is 51.2 Å². The summed E-state index contributed by atoms with van der Waals surface area (Å²) in [6.07, 6.45) is 3.96. The molecule has 8 nitrogen and oxygen atoms in total. The van der Waals surface area contributed by atoms with Crippen molar-refractivity contribution in [3.05, 3.63) is 0 Å². The van der Waals surface area contributed by atoms with Gasteiger partial charge < -0.3 is 26.3 Å². The van der Waals surface area contributed by atoms with Crippen LogP contribution in [-0.2, 0) is 9.59 Å². The number of nitrogens with one attached hydrogen (secondary N) is 1. The molecule has 8 heteroatoms. The van der Waals surface area contributed by atoms with Crippen molar-refractivity contribution in [3.8, 4) is 0 Å². The van der Waals surface area contributed by atoms with Gasteiger partial charge in [-0.15, -0.1) is 0 Å². The highest BCUT2D eigenvalue weighted by Crippen LogP contribution is 1.99. The maximum atomic E-state index is 10.2. The molecule has 0 saturated carbocycles. The van der Waals surface area contributed by atoms with Crippen LogP contribution in [0.25, 0.3) is 0 Å². The van der Waals surface area contributed by atoms with Gasteiger partial charge in [0.2, 0.25) is 0 Å². The van der Waals surface area contributed by atoms with Crippen molar-refractivity contribution in [2.24, 2.45) is 5.73 Å². The van der Waals surface area contributed by atoms with E-state index >= 15 is 0 Å². The highest BCUT2D eigenvalue weighted by molar-refractivity contribution is 5.73. The molecule has 0 unspecified atom stereocenters. The van der Waals surface area contributed by atoms with Gasteiger partial charge in [0.25, 0.3) is 0 Å². The lowest BCUT2D eigenvalue weighted by Gasteiger charge is -2.07. The van der Waals surface area contributed by atoms with Gasteiger partial charge in [0.05, 0.1) is 0 Å². The number of hydrogen-bond donors (Lipinski definition) is 6. The van der Waals surface area contributed by atoms with Gasteiger partial charge >= 0.3 is 11.9 Å². The molecule has 0 aromatic heterocycles. The minimum atomic E-state index is -1.00. The van der Waals surface area contributed by atoms with Crippen LogP contribution in [0.5, 0.6) is 0 Å². The van der Waals surface area contributed by atoms with E-state index in [2.05, 4.69) is 0 Å². The number of aliphatic hydroxyl groups is 1. The summed E-state index contributed by atoms with van der Waals surface area (Å²) < 4.78 is 0. The Morgan fingerprint density at radius 1 is 1.10 bits per heavy atom. The summed E-state index contributed by atoms with van der Waals surface area (Å²) in [5, 5.41) is 33.3. The number of carboxylic acids is 2. The molecule has 0 aliphatic rings. The van der Waals surface area contributed by atoms with Crippen molar-refractivity contribution in [2.75, 3.05) is 6.61 Å². The molecule has 0 spiro atoms. The minimum Gasteiger partial charge on any atom is -0.480 e. The highest BCUT2D eigenvalue weighted by Gasteiger charge is 2.13. The Hall–Kier alpha value is -1.22. The van der Waals surface area contributed by atoms with E-state index in [1.165, 1.54) is 0 Å². The molecule has 0 aliphatic heterocycles. The molecule has 0 heterocycles. The second kappa shape index (κ2) is 14.2. The lowest BCUT2D eigenvalue weighted by atomic mass is 10.1. The van der Waals surface area contributed by atoms with Gasteiger partial charge in [0.1, 0.15) is 12.1 Å². The van der Waals surface area contributed by atoms with E-state index in [0.29, 0.717) is 25.7 Å². The van der Waals surface area contributed by atoms with Crippen molar-refractivity contribution in [3.63, 3.8) is 0 Å². The lowest BCUT2D eigenvalue weighted by molar-refractivity contribution is -0.142. The zero-order valence-electron chi connectivity index (χ0n) is 11.8. The number of aliphatic carboxylic acids is 2. The summed E-state index contributed by atoms with van der Waals surface area (Å²) in [6, 6.07) is -1.58. The van der Waals surface area contributed by atoms with Crippen LogP contribution in [0.15, 0.2) is 0 Å². The number of hydroxylamine groups is 1. The fourth-order valence-corrected chi connectivity index (χ4v) is 1.25. The summed E-state index contributed by atoms with van der Waals surface area (Å²) in [4.78, 5) is 20.3. The van der Waals surface area contributed by atoms with E-state index in [0.717, 1.165) is 12.8 Å². The number of hydrogen-bond acceptors (Lipinski definition) is 6. The summed E-state index contributed by atoms with van der Waals surface area (Å²) >= 11 is 0. The Balaban J connectivity index is 0. The van der Waals surface area contributed by atoms with Gasteiger partial charge in [-0.1, -0.05) is 19.8 Å². The van der Waals surface area contributed by atoms with Gasteiger partial charge in [0, 0.05) is 6.61 Å². The molecule has 2 atom stereocenters. The lowest BCUT2D eigenvalue weighted by Crippen LogP contribution is -2.33. The van der Waals surface area contributed by atoms with E-state index in [9.17, 15) is 9.59 Å². The number of carboxylic acid groups (broad SMARTS) is 2. The smallest absolute Gasteiger partial charge is 0.323 e. The van der Waals surface area contributed by atoms with Crippen molar-refractivity contribution < 1.29 is 30.1 Å². The molecular formula is C12H26N2O6. The summed E-state index contributed by atoms with van der Waals surface area (Å²) in [5.74, 6) is -1.98. The Kier molecular flexibility index (Phi) is 15.0. The van der Waals surface area contributed by atoms with E-state index in [-0.39, 0.29) is 6.61 Å². The van der Waals surface area contributed by atoms with Crippen molar-refractivity contribution in [1.29, 1.82) is 0 Å². The first kappa shape index (κ1) is 21.1. The first-order chi connectivity index (χ1) is 9.40. The van der Waals surface area contributed by atoms with Crippen molar-refractivity contribution in [1.82, 2.24) is 5.48 Å². The fourth-order valence-electron chi connectivity index (χ4n) is 1.25. The average molecular weight is 294 g/mol. The predicted octanol–water partition coefficient (Wildman–Crippen LogP) is 0.170. The summed E-state index contributed by atoms with van der Waals surface area (Å²) in [6.45, 7) is 2.07. The number of unbranched alkanes of at least 4 members (excludes halogenated alkanes) is 2. The molecule has 0 aliphatic carbocycles. The second-order valence-corrected chi connectivity index (χ2v) is 4.33. The Labute approximate surface area is 118 Å².